The molecule has 0 saturated carbocycles. The average Bonchev–Trinajstić information content (AvgIpc) is 2.66. The fourth-order valence-electron chi connectivity index (χ4n) is 2.29. The van der Waals surface area contributed by atoms with E-state index in [1.165, 1.54) is 0 Å². The van der Waals surface area contributed by atoms with Crippen LogP contribution < -0.4 is 5.32 Å². The van der Waals surface area contributed by atoms with Crippen molar-refractivity contribution in [3.63, 3.8) is 0 Å². The standard InChI is InChI=1S/C12H24N2O3S/c1-4-14(5-2)12(15)10(3)13-9-11-7-6-8-18(11,16)17/h10-11,13H,4-9H2,1-3H3. The van der Waals surface area contributed by atoms with E-state index in [1.54, 1.807) is 11.8 Å². The summed E-state index contributed by atoms with van der Waals surface area (Å²) in [4.78, 5) is 13.7. The van der Waals surface area contributed by atoms with Crippen molar-refractivity contribution in [2.75, 3.05) is 25.4 Å². The number of carbonyl (C=O) groups is 1. The van der Waals surface area contributed by atoms with E-state index in [0.29, 0.717) is 26.1 Å². The van der Waals surface area contributed by atoms with E-state index in [2.05, 4.69) is 5.32 Å². The zero-order chi connectivity index (χ0) is 13.8. The molecule has 2 atom stereocenters. The minimum Gasteiger partial charge on any atom is -0.342 e. The number of hydrogen-bond donors (Lipinski definition) is 1. The van der Waals surface area contributed by atoms with Crippen molar-refractivity contribution < 1.29 is 13.2 Å². The summed E-state index contributed by atoms with van der Waals surface area (Å²) in [6, 6.07) is -0.319. The van der Waals surface area contributed by atoms with E-state index in [4.69, 9.17) is 0 Å². The lowest BCUT2D eigenvalue weighted by molar-refractivity contribution is -0.132. The van der Waals surface area contributed by atoms with E-state index in [9.17, 15) is 13.2 Å². The van der Waals surface area contributed by atoms with Crippen molar-refractivity contribution in [3.8, 4) is 0 Å². The molecule has 18 heavy (non-hydrogen) atoms. The lowest BCUT2D eigenvalue weighted by Crippen LogP contribution is -2.47. The number of rotatable bonds is 6. The zero-order valence-electron chi connectivity index (χ0n) is 11.5. The lowest BCUT2D eigenvalue weighted by Gasteiger charge is -2.24. The van der Waals surface area contributed by atoms with Crippen LogP contribution in [0.4, 0.5) is 0 Å². The maximum Gasteiger partial charge on any atom is 0.239 e. The predicted octanol–water partition coefficient (Wildman–Crippen LogP) is 0.410. The molecule has 1 rings (SSSR count). The van der Waals surface area contributed by atoms with Crippen molar-refractivity contribution in [1.82, 2.24) is 10.2 Å². The quantitative estimate of drug-likeness (QED) is 0.763. The molecule has 0 bridgehead atoms. The molecule has 0 aliphatic carbocycles. The van der Waals surface area contributed by atoms with Gasteiger partial charge >= 0.3 is 0 Å². The van der Waals surface area contributed by atoms with Gasteiger partial charge in [0.25, 0.3) is 0 Å². The van der Waals surface area contributed by atoms with Crippen LogP contribution in [0.3, 0.4) is 0 Å². The third-order valence-corrected chi connectivity index (χ3v) is 5.84. The lowest BCUT2D eigenvalue weighted by atomic mass is 10.2. The highest BCUT2D eigenvalue weighted by Gasteiger charge is 2.31. The maximum absolute atomic E-state index is 12.0. The van der Waals surface area contributed by atoms with Gasteiger partial charge in [0.1, 0.15) is 0 Å². The van der Waals surface area contributed by atoms with Crippen LogP contribution in [0.15, 0.2) is 0 Å². The first-order chi connectivity index (χ1) is 8.42. The van der Waals surface area contributed by atoms with Gasteiger partial charge in [0.05, 0.1) is 17.0 Å². The van der Waals surface area contributed by atoms with E-state index < -0.39 is 9.84 Å². The summed E-state index contributed by atoms with van der Waals surface area (Å²) in [5.74, 6) is 0.327. The van der Waals surface area contributed by atoms with Gasteiger partial charge in [-0.3, -0.25) is 4.79 Å². The normalized spacial score (nSPS) is 23.8. The van der Waals surface area contributed by atoms with E-state index in [0.717, 1.165) is 6.42 Å². The number of hydrogen-bond acceptors (Lipinski definition) is 4. The van der Waals surface area contributed by atoms with Crippen LogP contribution in [0, 0.1) is 0 Å². The first-order valence-electron chi connectivity index (χ1n) is 6.66. The minimum atomic E-state index is -2.93. The number of amides is 1. The molecule has 0 aromatic heterocycles. The highest BCUT2D eigenvalue weighted by molar-refractivity contribution is 7.92. The summed E-state index contributed by atoms with van der Waals surface area (Å²) in [6.07, 6.45) is 1.45. The second-order valence-electron chi connectivity index (χ2n) is 4.77. The molecule has 1 aliphatic heterocycles. The molecule has 2 unspecified atom stereocenters. The summed E-state index contributed by atoms with van der Waals surface area (Å²) in [5.41, 5.74) is 0. The van der Waals surface area contributed by atoms with Gasteiger partial charge in [-0.2, -0.15) is 0 Å². The maximum atomic E-state index is 12.0. The molecule has 1 fully saturated rings. The fourth-order valence-corrected chi connectivity index (χ4v) is 4.07. The van der Waals surface area contributed by atoms with Crippen molar-refractivity contribution in [3.05, 3.63) is 0 Å². The van der Waals surface area contributed by atoms with Gasteiger partial charge in [0, 0.05) is 19.6 Å². The van der Waals surface area contributed by atoms with Crippen LogP contribution in [0.2, 0.25) is 0 Å². The third kappa shape index (κ3) is 3.68. The van der Waals surface area contributed by atoms with Crippen LogP contribution in [0.1, 0.15) is 33.6 Å². The minimum absolute atomic E-state index is 0.0374. The number of nitrogens with one attached hydrogen (secondary N) is 1. The van der Waals surface area contributed by atoms with E-state index >= 15 is 0 Å². The topological polar surface area (TPSA) is 66.5 Å². The number of likely N-dealkylation sites (N-methyl/N-ethyl adjacent to an activating group) is 1. The van der Waals surface area contributed by atoms with Gasteiger partial charge in [0.2, 0.25) is 5.91 Å². The zero-order valence-corrected chi connectivity index (χ0v) is 12.3. The van der Waals surface area contributed by atoms with Crippen molar-refractivity contribution in [2.24, 2.45) is 0 Å². The molecular formula is C12H24N2O3S. The van der Waals surface area contributed by atoms with Gasteiger partial charge in [-0.1, -0.05) is 0 Å². The Bertz CT molecular complexity index is 377. The Kier molecular flexibility index (Phi) is 5.59. The second-order valence-corrected chi connectivity index (χ2v) is 7.17. The monoisotopic (exact) mass is 276 g/mol. The highest BCUT2D eigenvalue weighted by Crippen LogP contribution is 2.19. The Morgan fingerprint density at radius 3 is 2.44 bits per heavy atom. The van der Waals surface area contributed by atoms with Crippen LogP contribution in [-0.4, -0.2) is 55.9 Å². The first kappa shape index (κ1) is 15.4. The fraction of sp³-hybridized carbons (Fsp3) is 0.917. The van der Waals surface area contributed by atoms with Crippen molar-refractivity contribution in [1.29, 1.82) is 0 Å². The molecule has 1 aliphatic rings. The number of sulfone groups is 1. The molecule has 6 heteroatoms. The Hall–Kier alpha value is -0.620. The molecule has 0 spiro atoms. The van der Waals surface area contributed by atoms with E-state index in [-0.39, 0.29) is 23.0 Å². The van der Waals surface area contributed by atoms with Crippen LogP contribution in [0.5, 0.6) is 0 Å². The highest BCUT2D eigenvalue weighted by atomic mass is 32.2. The molecule has 0 radical (unpaired) electrons. The van der Waals surface area contributed by atoms with Gasteiger partial charge in [-0.25, -0.2) is 8.42 Å². The summed E-state index contributed by atoms with van der Waals surface area (Å²) >= 11 is 0. The molecule has 0 aromatic carbocycles. The number of nitrogens with zero attached hydrogens (tertiary/aromatic N) is 1. The molecule has 1 N–H and O–H groups in total. The summed E-state index contributed by atoms with van der Waals surface area (Å²) in [6.45, 7) is 7.43. The van der Waals surface area contributed by atoms with Crippen molar-refractivity contribution in [2.45, 2.75) is 44.9 Å². The van der Waals surface area contributed by atoms with Gasteiger partial charge < -0.3 is 10.2 Å². The van der Waals surface area contributed by atoms with Crippen LogP contribution in [-0.2, 0) is 14.6 Å². The second kappa shape index (κ2) is 6.52. The number of carbonyl (C=O) groups excluding carboxylic acids is 1. The average molecular weight is 276 g/mol. The van der Waals surface area contributed by atoms with Crippen LogP contribution >= 0.6 is 0 Å². The van der Waals surface area contributed by atoms with E-state index in [1.807, 2.05) is 13.8 Å². The van der Waals surface area contributed by atoms with Gasteiger partial charge in [-0.15, -0.1) is 0 Å². The Morgan fingerprint density at radius 1 is 1.39 bits per heavy atom. The largest absolute Gasteiger partial charge is 0.342 e. The van der Waals surface area contributed by atoms with Gasteiger partial charge in [-0.05, 0) is 33.6 Å². The summed E-state index contributed by atoms with van der Waals surface area (Å²) < 4.78 is 23.3. The molecule has 1 saturated heterocycles. The molecular weight excluding hydrogens is 252 g/mol. The predicted molar refractivity (Wildman–Crippen MR) is 72.2 cm³/mol. The van der Waals surface area contributed by atoms with Crippen molar-refractivity contribution >= 4 is 15.7 Å². The molecule has 5 nitrogen and oxygen atoms in total. The Labute approximate surface area is 110 Å². The SMILES string of the molecule is CCN(CC)C(=O)C(C)NCC1CCCS1(=O)=O. The Balaban J connectivity index is 2.46. The smallest absolute Gasteiger partial charge is 0.239 e. The van der Waals surface area contributed by atoms with Crippen LogP contribution in [0.25, 0.3) is 0 Å². The third-order valence-electron chi connectivity index (χ3n) is 3.56. The summed E-state index contributed by atoms with van der Waals surface area (Å²) in [7, 11) is -2.93. The molecule has 1 amide bonds. The molecule has 106 valence electrons. The Morgan fingerprint density at radius 2 is 2.00 bits per heavy atom. The summed E-state index contributed by atoms with van der Waals surface area (Å²) in [5, 5.41) is 2.74. The first-order valence-corrected chi connectivity index (χ1v) is 8.37. The van der Waals surface area contributed by atoms with Gasteiger partial charge in [0.15, 0.2) is 9.84 Å². The molecule has 0 aromatic rings. The molecule has 1 heterocycles.